The van der Waals surface area contributed by atoms with Crippen LogP contribution in [0.25, 0.3) is 0 Å². The Morgan fingerprint density at radius 2 is 1.71 bits per heavy atom. The van der Waals surface area contributed by atoms with E-state index in [0.29, 0.717) is 0 Å². The molecule has 1 atom stereocenters. The van der Waals surface area contributed by atoms with E-state index in [1.165, 1.54) is 22.3 Å². The molecular weight excluding hydrogens is 280 g/mol. The second-order valence-electron chi connectivity index (χ2n) is 5.56. The first-order valence-corrected chi connectivity index (χ1v) is 8.18. The van der Waals surface area contributed by atoms with Crippen molar-refractivity contribution in [1.29, 1.82) is 0 Å². The van der Waals surface area contributed by atoms with E-state index in [1.807, 2.05) is 6.07 Å². The van der Waals surface area contributed by atoms with Crippen LogP contribution in [0.2, 0.25) is 0 Å². The molecule has 3 rings (SSSR count). The number of benzene rings is 2. The number of hydrogen-bond acceptors (Lipinski definition) is 1. The lowest BCUT2D eigenvalue weighted by Crippen LogP contribution is -1.98. The van der Waals surface area contributed by atoms with Crippen molar-refractivity contribution in [1.82, 2.24) is 0 Å². The second-order valence-corrected chi connectivity index (χ2v) is 6.00. The molecule has 2 aromatic carbocycles. The van der Waals surface area contributed by atoms with E-state index in [2.05, 4.69) is 44.2 Å². The van der Waals surface area contributed by atoms with E-state index < -0.39 is 0 Å². The Hall–Kier alpha value is -1.47. The first-order valence-electron chi connectivity index (χ1n) is 7.74. The van der Waals surface area contributed by atoms with Gasteiger partial charge in [0, 0.05) is 6.42 Å². The minimum absolute atomic E-state index is 0.0906. The van der Waals surface area contributed by atoms with Crippen LogP contribution in [0.15, 0.2) is 36.4 Å². The minimum Gasteiger partial charge on any atom is -0.493 e. The topological polar surface area (TPSA) is 9.23 Å². The highest BCUT2D eigenvalue weighted by Gasteiger charge is 2.17. The molecule has 0 saturated carbocycles. The van der Waals surface area contributed by atoms with Gasteiger partial charge in [-0.3, -0.25) is 0 Å². The number of aryl methyl sites for hydroxylation is 2. The molecular formula is C19H21ClO. The lowest BCUT2D eigenvalue weighted by Gasteiger charge is -2.15. The summed E-state index contributed by atoms with van der Waals surface area (Å²) in [6.07, 6.45) is 3.12. The molecule has 1 aliphatic rings. The molecule has 1 nitrogen and oxygen atoms in total. The van der Waals surface area contributed by atoms with Crippen molar-refractivity contribution in [3.63, 3.8) is 0 Å². The van der Waals surface area contributed by atoms with Crippen LogP contribution < -0.4 is 4.74 Å². The van der Waals surface area contributed by atoms with E-state index in [9.17, 15) is 0 Å². The molecule has 0 N–H and O–H groups in total. The van der Waals surface area contributed by atoms with Gasteiger partial charge in [-0.05, 0) is 46.7 Å². The maximum absolute atomic E-state index is 6.72. The van der Waals surface area contributed by atoms with Gasteiger partial charge >= 0.3 is 0 Å². The molecule has 1 unspecified atom stereocenters. The Balaban J connectivity index is 1.93. The first kappa shape index (κ1) is 14.5. The zero-order valence-corrected chi connectivity index (χ0v) is 13.4. The van der Waals surface area contributed by atoms with Crippen LogP contribution in [0.5, 0.6) is 5.75 Å². The van der Waals surface area contributed by atoms with Gasteiger partial charge in [-0.25, -0.2) is 0 Å². The molecule has 0 aliphatic carbocycles. The van der Waals surface area contributed by atoms with Gasteiger partial charge in [0.05, 0.1) is 12.0 Å². The molecule has 0 amide bonds. The largest absolute Gasteiger partial charge is 0.493 e. The molecule has 0 bridgehead atoms. The average Bonchev–Trinajstić information content (AvgIpc) is 3.00. The zero-order chi connectivity index (χ0) is 14.8. The number of hydrogen-bond donors (Lipinski definition) is 0. The predicted octanol–water partition coefficient (Wildman–Crippen LogP) is 5.07. The summed E-state index contributed by atoms with van der Waals surface area (Å²) in [5.74, 6) is 1.01. The smallest absolute Gasteiger partial charge is 0.122 e. The van der Waals surface area contributed by atoms with Crippen LogP contribution in [-0.4, -0.2) is 6.61 Å². The summed E-state index contributed by atoms with van der Waals surface area (Å²) < 4.78 is 5.56. The highest BCUT2D eigenvalue weighted by Crippen LogP contribution is 2.34. The van der Waals surface area contributed by atoms with Crippen molar-refractivity contribution in [2.24, 2.45) is 0 Å². The third kappa shape index (κ3) is 2.80. The highest BCUT2D eigenvalue weighted by molar-refractivity contribution is 6.22. The molecule has 2 heteroatoms. The molecule has 110 valence electrons. The Kier molecular flexibility index (Phi) is 4.21. The number of fused-ring (bicyclic) bond motifs is 1. The lowest BCUT2D eigenvalue weighted by molar-refractivity contribution is 0.357. The van der Waals surface area contributed by atoms with E-state index >= 15 is 0 Å². The molecule has 1 aliphatic heterocycles. The SMILES string of the molecule is CCc1ccc(C(Cl)c2ccc3c(c2)CCO3)cc1CC. The fraction of sp³-hybridized carbons (Fsp3) is 0.368. The number of ether oxygens (including phenoxy) is 1. The van der Waals surface area contributed by atoms with Crippen LogP contribution in [-0.2, 0) is 19.3 Å². The van der Waals surface area contributed by atoms with E-state index in [4.69, 9.17) is 16.3 Å². The monoisotopic (exact) mass is 300 g/mol. The highest BCUT2D eigenvalue weighted by atomic mass is 35.5. The summed E-state index contributed by atoms with van der Waals surface area (Å²) in [5, 5.41) is -0.0906. The zero-order valence-electron chi connectivity index (χ0n) is 12.7. The van der Waals surface area contributed by atoms with Crippen molar-refractivity contribution in [3.05, 3.63) is 64.2 Å². The van der Waals surface area contributed by atoms with E-state index in [-0.39, 0.29) is 5.38 Å². The van der Waals surface area contributed by atoms with Crippen LogP contribution in [0.1, 0.15) is 47.0 Å². The number of halogens is 1. The summed E-state index contributed by atoms with van der Waals surface area (Å²) in [4.78, 5) is 0. The van der Waals surface area contributed by atoms with Crippen LogP contribution in [0.4, 0.5) is 0 Å². The lowest BCUT2D eigenvalue weighted by atomic mass is 9.95. The van der Waals surface area contributed by atoms with Gasteiger partial charge in [0.2, 0.25) is 0 Å². The summed E-state index contributed by atoms with van der Waals surface area (Å²) in [6, 6.07) is 13.0. The third-order valence-corrected chi connectivity index (χ3v) is 4.79. The molecule has 1 heterocycles. The summed E-state index contributed by atoms with van der Waals surface area (Å²) in [6.45, 7) is 5.19. The number of rotatable bonds is 4. The molecule has 0 radical (unpaired) electrons. The Labute approximate surface area is 131 Å². The molecule has 0 saturated heterocycles. The van der Waals surface area contributed by atoms with Gasteiger partial charge in [0.25, 0.3) is 0 Å². The quantitative estimate of drug-likeness (QED) is 0.716. The van der Waals surface area contributed by atoms with Gasteiger partial charge in [0.1, 0.15) is 5.75 Å². The summed E-state index contributed by atoms with van der Waals surface area (Å²) >= 11 is 6.72. The molecule has 0 fully saturated rings. The van der Waals surface area contributed by atoms with E-state index in [1.54, 1.807) is 0 Å². The van der Waals surface area contributed by atoms with Crippen molar-refractivity contribution < 1.29 is 4.74 Å². The third-order valence-electron chi connectivity index (χ3n) is 4.29. The normalized spacial score (nSPS) is 14.6. The average molecular weight is 301 g/mol. The van der Waals surface area contributed by atoms with Gasteiger partial charge in [-0.15, -0.1) is 11.6 Å². The van der Waals surface area contributed by atoms with Gasteiger partial charge in [-0.1, -0.05) is 44.2 Å². The molecule has 0 aromatic heterocycles. The van der Waals surface area contributed by atoms with Crippen LogP contribution in [0.3, 0.4) is 0 Å². The van der Waals surface area contributed by atoms with Crippen molar-refractivity contribution in [2.45, 2.75) is 38.5 Å². The van der Waals surface area contributed by atoms with Gasteiger partial charge in [0.15, 0.2) is 0 Å². The summed E-state index contributed by atoms with van der Waals surface area (Å²) in [7, 11) is 0. The molecule has 21 heavy (non-hydrogen) atoms. The van der Waals surface area contributed by atoms with Gasteiger partial charge < -0.3 is 4.74 Å². The van der Waals surface area contributed by atoms with Gasteiger partial charge in [-0.2, -0.15) is 0 Å². The maximum Gasteiger partial charge on any atom is 0.122 e. The Morgan fingerprint density at radius 1 is 1.00 bits per heavy atom. The number of alkyl halides is 1. The van der Waals surface area contributed by atoms with Crippen LogP contribution in [0, 0.1) is 0 Å². The van der Waals surface area contributed by atoms with E-state index in [0.717, 1.165) is 37.2 Å². The van der Waals surface area contributed by atoms with Crippen molar-refractivity contribution in [3.8, 4) is 5.75 Å². The van der Waals surface area contributed by atoms with Crippen LogP contribution >= 0.6 is 11.6 Å². The maximum atomic E-state index is 6.72. The Bertz CT molecular complexity index is 648. The van der Waals surface area contributed by atoms with Crippen molar-refractivity contribution in [2.75, 3.05) is 6.61 Å². The standard InChI is InChI=1S/C19H21ClO/c1-3-13-5-6-16(11-14(13)4-2)19(20)17-7-8-18-15(12-17)9-10-21-18/h5-8,11-12,19H,3-4,9-10H2,1-2H3. The minimum atomic E-state index is -0.0906. The molecule has 0 spiro atoms. The second kappa shape index (κ2) is 6.11. The fourth-order valence-electron chi connectivity index (χ4n) is 3.03. The molecule has 2 aromatic rings. The predicted molar refractivity (Wildman–Crippen MR) is 88.5 cm³/mol. The fourth-order valence-corrected chi connectivity index (χ4v) is 3.31. The Morgan fingerprint density at radius 3 is 2.48 bits per heavy atom. The van der Waals surface area contributed by atoms with Crippen molar-refractivity contribution >= 4 is 11.6 Å². The first-order chi connectivity index (χ1) is 10.2. The summed E-state index contributed by atoms with van der Waals surface area (Å²) in [5.41, 5.74) is 6.45.